The maximum Gasteiger partial charge on any atom is 0.330 e. The number of amidine groups is 1. The highest BCUT2D eigenvalue weighted by molar-refractivity contribution is 5.87. The predicted octanol–water partition coefficient (Wildman–Crippen LogP) is 3.63. The Morgan fingerprint density at radius 1 is 1.13 bits per heavy atom. The molecule has 154 valence electrons. The minimum Gasteiger partial charge on any atom is -0.466 e. The van der Waals surface area contributed by atoms with E-state index >= 15 is 0 Å². The molecule has 0 unspecified atom stereocenters. The molecule has 31 heavy (non-hydrogen) atoms. The summed E-state index contributed by atoms with van der Waals surface area (Å²) in [5.41, 5.74) is 9.56. The number of aliphatic imine (C=N–C) groups is 1. The fraction of sp³-hybridized carbons (Fsp3) is 0.125. The van der Waals surface area contributed by atoms with Gasteiger partial charge in [0.2, 0.25) is 0 Å². The standard InChI is InChI=1S/C24H19N3O4/c1-29-22(28)9-5-15-4-7-20-18(11-15)24(14-30-23(25)27-24)19-12-16(6-8-21(19)31-20)17-3-2-10-26-13-17/h2-13H,14H2,1H3,(H2,25,27)/b9-5+/t24-/m1/s1. The fourth-order valence-corrected chi connectivity index (χ4v) is 3.92. The summed E-state index contributed by atoms with van der Waals surface area (Å²) in [7, 11) is 1.34. The van der Waals surface area contributed by atoms with Crippen molar-refractivity contribution in [1.29, 1.82) is 0 Å². The van der Waals surface area contributed by atoms with Crippen LogP contribution >= 0.6 is 0 Å². The van der Waals surface area contributed by atoms with E-state index in [1.807, 2.05) is 54.7 Å². The average molecular weight is 413 g/mol. The number of methoxy groups -OCH3 is 1. The van der Waals surface area contributed by atoms with Crippen molar-refractivity contribution in [2.45, 2.75) is 5.54 Å². The van der Waals surface area contributed by atoms with Gasteiger partial charge in [0.1, 0.15) is 18.1 Å². The van der Waals surface area contributed by atoms with E-state index in [1.54, 1.807) is 12.3 Å². The Balaban J connectivity index is 1.66. The van der Waals surface area contributed by atoms with Crippen LogP contribution in [0.3, 0.4) is 0 Å². The quantitative estimate of drug-likeness (QED) is 0.520. The summed E-state index contributed by atoms with van der Waals surface area (Å²) < 4.78 is 16.5. The Kier molecular flexibility index (Phi) is 4.43. The SMILES string of the molecule is COC(=O)/C=C/c1ccc2c(c1)[C@]1(COC(N)=N1)c1cc(-c3cccnc3)ccc1O2. The minimum absolute atomic E-state index is 0.126. The highest BCUT2D eigenvalue weighted by Gasteiger charge is 2.47. The summed E-state index contributed by atoms with van der Waals surface area (Å²) in [6.45, 7) is 0.253. The summed E-state index contributed by atoms with van der Waals surface area (Å²) in [6.07, 6.45) is 6.60. The monoisotopic (exact) mass is 413 g/mol. The number of nitrogens with zero attached hydrogens (tertiary/aromatic N) is 2. The summed E-state index contributed by atoms with van der Waals surface area (Å²) in [5, 5.41) is 0. The predicted molar refractivity (Wildman–Crippen MR) is 116 cm³/mol. The summed E-state index contributed by atoms with van der Waals surface area (Å²) in [5.74, 6) is 0.931. The molecule has 2 aromatic carbocycles. The van der Waals surface area contributed by atoms with E-state index in [-0.39, 0.29) is 12.6 Å². The molecule has 0 saturated heterocycles. The van der Waals surface area contributed by atoms with Crippen LogP contribution in [0.5, 0.6) is 11.5 Å². The highest BCUT2D eigenvalue weighted by atomic mass is 16.5. The van der Waals surface area contributed by atoms with Crippen LogP contribution in [0.2, 0.25) is 0 Å². The zero-order valence-corrected chi connectivity index (χ0v) is 16.7. The topological polar surface area (TPSA) is 96.0 Å². The number of aromatic nitrogens is 1. The van der Waals surface area contributed by atoms with Gasteiger partial charge in [0.05, 0.1) is 7.11 Å². The number of pyridine rings is 1. The van der Waals surface area contributed by atoms with Gasteiger partial charge in [-0.15, -0.1) is 0 Å². The second kappa shape index (κ2) is 7.28. The number of ether oxygens (including phenoxy) is 3. The van der Waals surface area contributed by atoms with Crippen LogP contribution in [-0.4, -0.2) is 30.7 Å². The van der Waals surface area contributed by atoms with Gasteiger partial charge in [-0.25, -0.2) is 9.79 Å². The number of esters is 1. The molecule has 0 saturated carbocycles. The lowest BCUT2D eigenvalue weighted by Crippen LogP contribution is -2.31. The molecule has 7 heteroatoms. The van der Waals surface area contributed by atoms with Gasteiger partial charge in [0.25, 0.3) is 6.02 Å². The fourth-order valence-electron chi connectivity index (χ4n) is 3.92. The molecular weight excluding hydrogens is 394 g/mol. The lowest BCUT2D eigenvalue weighted by molar-refractivity contribution is -0.134. The van der Waals surface area contributed by atoms with E-state index in [4.69, 9.17) is 20.2 Å². The second-order valence-corrected chi connectivity index (χ2v) is 7.27. The molecule has 0 fully saturated rings. The van der Waals surface area contributed by atoms with Crippen LogP contribution in [0.15, 0.2) is 72.0 Å². The van der Waals surface area contributed by atoms with Crippen LogP contribution in [0.4, 0.5) is 0 Å². The normalized spacial score (nSPS) is 18.7. The van der Waals surface area contributed by atoms with Crippen molar-refractivity contribution in [3.63, 3.8) is 0 Å². The number of nitrogens with two attached hydrogens (primary N) is 1. The number of benzene rings is 2. The molecule has 2 aliphatic heterocycles. The summed E-state index contributed by atoms with van der Waals surface area (Å²) in [4.78, 5) is 20.4. The molecule has 0 aliphatic carbocycles. The Morgan fingerprint density at radius 2 is 1.94 bits per heavy atom. The largest absolute Gasteiger partial charge is 0.466 e. The van der Waals surface area contributed by atoms with Crippen LogP contribution in [-0.2, 0) is 19.8 Å². The summed E-state index contributed by atoms with van der Waals surface area (Å²) in [6, 6.07) is 15.6. The Labute approximate surface area is 178 Å². The Morgan fingerprint density at radius 3 is 2.65 bits per heavy atom. The first-order valence-electron chi connectivity index (χ1n) is 9.70. The van der Waals surface area contributed by atoms with Crippen molar-refractivity contribution >= 4 is 18.1 Å². The molecule has 7 nitrogen and oxygen atoms in total. The van der Waals surface area contributed by atoms with E-state index in [9.17, 15) is 4.79 Å². The van der Waals surface area contributed by atoms with E-state index in [2.05, 4.69) is 9.72 Å². The van der Waals surface area contributed by atoms with E-state index < -0.39 is 11.5 Å². The van der Waals surface area contributed by atoms with Crippen LogP contribution in [0, 0.1) is 0 Å². The smallest absolute Gasteiger partial charge is 0.330 e. The van der Waals surface area contributed by atoms with Gasteiger partial charge in [0, 0.05) is 35.2 Å². The van der Waals surface area contributed by atoms with Gasteiger partial charge in [-0.2, -0.15) is 0 Å². The van der Waals surface area contributed by atoms with Crippen molar-refractivity contribution in [1.82, 2.24) is 4.98 Å². The number of hydrogen-bond donors (Lipinski definition) is 1. The molecule has 0 amide bonds. The molecule has 0 radical (unpaired) electrons. The first kappa shape index (κ1) is 18.9. The van der Waals surface area contributed by atoms with Gasteiger partial charge in [-0.05, 0) is 47.5 Å². The van der Waals surface area contributed by atoms with Crippen LogP contribution in [0.25, 0.3) is 17.2 Å². The minimum atomic E-state index is -0.847. The maximum absolute atomic E-state index is 11.5. The van der Waals surface area contributed by atoms with Crippen molar-refractivity contribution in [3.8, 4) is 22.6 Å². The van der Waals surface area contributed by atoms with E-state index in [0.29, 0.717) is 11.5 Å². The molecule has 1 atom stereocenters. The van der Waals surface area contributed by atoms with Crippen LogP contribution in [0.1, 0.15) is 16.7 Å². The highest BCUT2D eigenvalue weighted by Crippen LogP contribution is 2.51. The van der Waals surface area contributed by atoms with Gasteiger partial charge in [-0.3, -0.25) is 4.98 Å². The van der Waals surface area contributed by atoms with Gasteiger partial charge >= 0.3 is 5.97 Å². The first-order valence-corrected chi connectivity index (χ1v) is 9.70. The molecule has 3 aromatic rings. The van der Waals surface area contributed by atoms with Gasteiger partial charge < -0.3 is 19.9 Å². The number of carbonyl (C=O) groups excluding carboxylic acids is 1. The average Bonchev–Trinajstić information content (AvgIpc) is 3.20. The van der Waals surface area contributed by atoms with Crippen LogP contribution < -0.4 is 10.5 Å². The zero-order chi connectivity index (χ0) is 21.4. The Bertz CT molecular complexity index is 1240. The van der Waals surface area contributed by atoms with Gasteiger partial charge in [0.15, 0.2) is 5.54 Å². The van der Waals surface area contributed by atoms with Crippen molar-refractivity contribution in [2.75, 3.05) is 13.7 Å². The number of hydrogen-bond acceptors (Lipinski definition) is 7. The lowest BCUT2D eigenvalue weighted by Gasteiger charge is -2.34. The molecule has 2 N–H and O–H groups in total. The third-order valence-electron chi connectivity index (χ3n) is 5.43. The maximum atomic E-state index is 11.5. The zero-order valence-electron chi connectivity index (χ0n) is 16.7. The van der Waals surface area contributed by atoms with Crippen molar-refractivity contribution in [2.24, 2.45) is 10.7 Å². The van der Waals surface area contributed by atoms with Crippen molar-refractivity contribution < 1.29 is 19.0 Å². The van der Waals surface area contributed by atoms with E-state index in [1.165, 1.54) is 13.2 Å². The third kappa shape index (κ3) is 3.20. The van der Waals surface area contributed by atoms with Gasteiger partial charge in [-0.1, -0.05) is 18.2 Å². The Hall–Kier alpha value is -4.13. The summed E-state index contributed by atoms with van der Waals surface area (Å²) >= 11 is 0. The molecule has 3 heterocycles. The lowest BCUT2D eigenvalue weighted by atomic mass is 9.80. The molecule has 1 aromatic heterocycles. The molecule has 0 bridgehead atoms. The third-order valence-corrected chi connectivity index (χ3v) is 5.43. The molecular formula is C24H19N3O4. The first-order chi connectivity index (χ1) is 15.1. The number of fused-ring (bicyclic) bond motifs is 4. The number of rotatable bonds is 3. The molecule has 1 spiro atoms. The second-order valence-electron chi connectivity index (χ2n) is 7.27. The number of carbonyl (C=O) groups is 1. The van der Waals surface area contributed by atoms with E-state index in [0.717, 1.165) is 27.8 Å². The molecule has 2 aliphatic rings. The van der Waals surface area contributed by atoms with Crippen molar-refractivity contribution in [3.05, 3.63) is 83.7 Å². The molecule has 5 rings (SSSR count).